The highest BCUT2D eigenvalue weighted by molar-refractivity contribution is 5.77. The van der Waals surface area contributed by atoms with E-state index in [1.807, 2.05) is 19.1 Å². The molecular weight excluding hydrogens is 240 g/mol. The second-order valence-corrected chi connectivity index (χ2v) is 5.05. The van der Waals surface area contributed by atoms with Gasteiger partial charge in [-0.05, 0) is 25.0 Å². The van der Waals surface area contributed by atoms with Crippen molar-refractivity contribution in [3.8, 4) is 0 Å². The van der Waals surface area contributed by atoms with Crippen molar-refractivity contribution in [2.24, 2.45) is 0 Å². The summed E-state index contributed by atoms with van der Waals surface area (Å²) in [6.07, 6.45) is 0.418. The van der Waals surface area contributed by atoms with E-state index >= 15 is 0 Å². The van der Waals surface area contributed by atoms with Gasteiger partial charge in [0.2, 0.25) is 5.91 Å². The molecule has 1 unspecified atom stereocenters. The fourth-order valence-corrected chi connectivity index (χ4v) is 2.41. The van der Waals surface area contributed by atoms with E-state index in [0.717, 1.165) is 13.1 Å². The predicted molar refractivity (Wildman–Crippen MR) is 75.0 cm³/mol. The minimum atomic E-state index is -0.00202. The zero-order valence-corrected chi connectivity index (χ0v) is 11.6. The molecule has 1 aliphatic heterocycles. The van der Waals surface area contributed by atoms with Gasteiger partial charge < -0.3 is 15.4 Å². The van der Waals surface area contributed by atoms with E-state index in [1.165, 1.54) is 11.1 Å². The van der Waals surface area contributed by atoms with Crippen LogP contribution in [0.1, 0.15) is 30.5 Å². The zero-order valence-electron chi connectivity index (χ0n) is 11.6. The topological polar surface area (TPSA) is 50.4 Å². The lowest BCUT2D eigenvalue weighted by Crippen LogP contribution is -2.41. The average molecular weight is 262 g/mol. The largest absolute Gasteiger partial charge is 0.375 e. The van der Waals surface area contributed by atoms with E-state index in [2.05, 4.69) is 29.7 Å². The molecule has 19 heavy (non-hydrogen) atoms. The second-order valence-electron chi connectivity index (χ2n) is 5.05. The fraction of sp³-hybridized carbons (Fsp3) is 0.533. The Bertz CT molecular complexity index is 428. The minimum absolute atomic E-state index is 0.00202. The molecule has 2 N–H and O–H groups in total. The molecule has 2 atom stereocenters. The van der Waals surface area contributed by atoms with Gasteiger partial charge in [0.1, 0.15) is 0 Å². The molecule has 1 heterocycles. The van der Waals surface area contributed by atoms with E-state index in [-0.39, 0.29) is 18.1 Å². The Morgan fingerprint density at radius 1 is 1.53 bits per heavy atom. The van der Waals surface area contributed by atoms with Crippen molar-refractivity contribution in [1.82, 2.24) is 10.6 Å². The summed E-state index contributed by atoms with van der Waals surface area (Å²) >= 11 is 0. The van der Waals surface area contributed by atoms with Gasteiger partial charge in [0.05, 0.1) is 25.2 Å². The number of rotatable bonds is 4. The van der Waals surface area contributed by atoms with Gasteiger partial charge in [-0.15, -0.1) is 0 Å². The monoisotopic (exact) mass is 262 g/mol. The summed E-state index contributed by atoms with van der Waals surface area (Å²) in [4.78, 5) is 12.0. The molecule has 1 aromatic rings. The van der Waals surface area contributed by atoms with Crippen LogP contribution >= 0.6 is 0 Å². The summed E-state index contributed by atoms with van der Waals surface area (Å²) in [5.41, 5.74) is 2.37. The third-order valence-corrected chi connectivity index (χ3v) is 3.45. The van der Waals surface area contributed by atoms with Crippen LogP contribution in [0.5, 0.6) is 0 Å². The number of amides is 1. The Balaban J connectivity index is 1.86. The fourth-order valence-electron chi connectivity index (χ4n) is 2.41. The Hall–Kier alpha value is -1.39. The lowest BCUT2D eigenvalue weighted by Gasteiger charge is -2.24. The van der Waals surface area contributed by atoms with Gasteiger partial charge in [-0.25, -0.2) is 0 Å². The number of hydrogen-bond donors (Lipinski definition) is 2. The number of morpholine rings is 1. The zero-order chi connectivity index (χ0) is 13.7. The number of aryl methyl sites for hydroxylation is 1. The van der Waals surface area contributed by atoms with Crippen LogP contribution in [0, 0.1) is 6.92 Å². The van der Waals surface area contributed by atoms with Crippen LogP contribution in [0.2, 0.25) is 0 Å². The molecule has 0 aliphatic carbocycles. The first-order chi connectivity index (χ1) is 9.16. The van der Waals surface area contributed by atoms with E-state index in [9.17, 15) is 4.79 Å². The van der Waals surface area contributed by atoms with Crippen LogP contribution in [0.3, 0.4) is 0 Å². The summed E-state index contributed by atoms with van der Waals surface area (Å²) in [6.45, 7) is 6.39. The lowest BCUT2D eigenvalue weighted by atomic mass is 10.0. The number of ether oxygens (including phenoxy) is 1. The summed E-state index contributed by atoms with van der Waals surface area (Å²) in [6, 6.07) is 8.16. The Labute approximate surface area is 114 Å². The molecule has 0 aromatic heterocycles. The first-order valence-corrected chi connectivity index (χ1v) is 6.84. The molecule has 1 saturated heterocycles. The molecule has 4 nitrogen and oxygen atoms in total. The molecule has 4 heteroatoms. The van der Waals surface area contributed by atoms with Gasteiger partial charge in [-0.3, -0.25) is 4.79 Å². The first kappa shape index (κ1) is 14.0. The van der Waals surface area contributed by atoms with Gasteiger partial charge in [0.25, 0.3) is 0 Å². The van der Waals surface area contributed by atoms with E-state index < -0.39 is 0 Å². The van der Waals surface area contributed by atoms with Crippen molar-refractivity contribution in [3.63, 3.8) is 0 Å². The van der Waals surface area contributed by atoms with E-state index in [1.54, 1.807) is 0 Å². The molecule has 0 saturated carbocycles. The van der Waals surface area contributed by atoms with Gasteiger partial charge in [-0.2, -0.15) is 0 Å². The van der Waals surface area contributed by atoms with Crippen molar-refractivity contribution in [2.75, 3.05) is 19.7 Å². The lowest BCUT2D eigenvalue weighted by molar-refractivity contribution is -0.125. The third kappa shape index (κ3) is 4.04. The molecular formula is C15H22N2O2. The molecule has 1 fully saturated rings. The molecule has 1 aromatic carbocycles. The SMILES string of the molecule is Cc1ccccc1[C@@H](C)NC(=O)CC1CNCCO1. The maximum absolute atomic E-state index is 12.0. The number of hydrogen-bond acceptors (Lipinski definition) is 3. The highest BCUT2D eigenvalue weighted by atomic mass is 16.5. The molecule has 2 rings (SSSR count). The second kappa shape index (κ2) is 6.68. The number of benzene rings is 1. The predicted octanol–water partition coefficient (Wildman–Crippen LogP) is 1.55. The maximum Gasteiger partial charge on any atom is 0.223 e. The van der Waals surface area contributed by atoms with Gasteiger partial charge in [-0.1, -0.05) is 24.3 Å². The number of carbonyl (C=O) groups is 1. The van der Waals surface area contributed by atoms with Crippen molar-refractivity contribution in [2.45, 2.75) is 32.4 Å². The molecule has 0 spiro atoms. The number of carbonyl (C=O) groups excluding carboxylic acids is 1. The van der Waals surface area contributed by atoms with Crippen LogP contribution in [-0.2, 0) is 9.53 Å². The molecule has 1 aliphatic rings. The van der Waals surface area contributed by atoms with Crippen molar-refractivity contribution < 1.29 is 9.53 Å². The maximum atomic E-state index is 12.0. The normalized spacial score (nSPS) is 20.8. The quantitative estimate of drug-likeness (QED) is 0.865. The standard InChI is InChI=1S/C15H22N2O2/c1-11-5-3-4-6-14(11)12(2)17-15(18)9-13-10-16-7-8-19-13/h3-6,12-13,16H,7-10H2,1-2H3,(H,17,18)/t12-,13?/m1/s1. The van der Waals surface area contributed by atoms with Crippen molar-refractivity contribution >= 4 is 5.91 Å². The van der Waals surface area contributed by atoms with E-state index in [4.69, 9.17) is 4.74 Å². The van der Waals surface area contributed by atoms with Crippen LogP contribution in [0.25, 0.3) is 0 Å². The average Bonchev–Trinajstić information content (AvgIpc) is 2.40. The Morgan fingerprint density at radius 2 is 2.32 bits per heavy atom. The highest BCUT2D eigenvalue weighted by Gasteiger charge is 2.19. The molecule has 1 amide bonds. The minimum Gasteiger partial charge on any atom is -0.375 e. The van der Waals surface area contributed by atoms with Gasteiger partial charge >= 0.3 is 0 Å². The van der Waals surface area contributed by atoms with Crippen LogP contribution in [-0.4, -0.2) is 31.7 Å². The smallest absolute Gasteiger partial charge is 0.223 e. The summed E-state index contributed by atoms with van der Waals surface area (Å²) < 4.78 is 5.54. The Kier molecular flexibility index (Phi) is 4.93. The van der Waals surface area contributed by atoms with Crippen molar-refractivity contribution in [1.29, 1.82) is 0 Å². The third-order valence-electron chi connectivity index (χ3n) is 3.45. The van der Waals surface area contributed by atoms with Gasteiger partial charge in [0.15, 0.2) is 0 Å². The summed E-state index contributed by atoms with van der Waals surface area (Å²) in [7, 11) is 0. The molecule has 104 valence electrons. The van der Waals surface area contributed by atoms with E-state index in [0.29, 0.717) is 13.0 Å². The Morgan fingerprint density at radius 3 is 3.00 bits per heavy atom. The van der Waals surface area contributed by atoms with Crippen LogP contribution in [0.4, 0.5) is 0 Å². The van der Waals surface area contributed by atoms with Crippen molar-refractivity contribution in [3.05, 3.63) is 35.4 Å². The highest BCUT2D eigenvalue weighted by Crippen LogP contribution is 2.16. The van der Waals surface area contributed by atoms with Crippen LogP contribution < -0.4 is 10.6 Å². The number of nitrogens with one attached hydrogen (secondary N) is 2. The molecule has 0 radical (unpaired) electrons. The molecule has 0 bridgehead atoms. The first-order valence-electron chi connectivity index (χ1n) is 6.84. The summed E-state index contributed by atoms with van der Waals surface area (Å²) in [5.74, 6) is 0.0458. The van der Waals surface area contributed by atoms with Gasteiger partial charge in [0, 0.05) is 13.1 Å². The summed E-state index contributed by atoms with van der Waals surface area (Å²) in [5, 5.41) is 6.27. The van der Waals surface area contributed by atoms with Crippen LogP contribution in [0.15, 0.2) is 24.3 Å².